The van der Waals surface area contributed by atoms with E-state index in [0.717, 1.165) is 24.3 Å². The van der Waals surface area contributed by atoms with Crippen LogP contribution in [0.4, 0.5) is 23.7 Å². The van der Waals surface area contributed by atoms with Gasteiger partial charge in [-0.25, -0.2) is 4.79 Å². The Morgan fingerprint density at radius 2 is 1.78 bits per heavy atom. The fourth-order valence-corrected chi connectivity index (χ4v) is 2.70. The molecule has 144 valence electrons. The molecule has 0 spiro atoms. The van der Waals surface area contributed by atoms with E-state index in [1.165, 1.54) is 12.1 Å². The molecule has 6 nitrogen and oxygen atoms in total. The number of hydrogen-bond donors (Lipinski definition) is 0. The van der Waals surface area contributed by atoms with E-state index in [1.807, 2.05) is 0 Å². The standard InChI is InChI=1S/C18H16F3NO5/c1-3-15(16(4-2)18(19,20)21)11-9-14(10-11)27-17(23)26-13-7-5-12(6-8-13)22(24)25/h3-8,11,14H,1-2,9-10H2/b16-15-. The molecular formula is C18H16F3NO5. The van der Waals surface area contributed by atoms with Crippen molar-refractivity contribution in [3.8, 4) is 5.75 Å². The van der Waals surface area contributed by atoms with E-state index < -0.39 is 34.8 Å². The minimum absolute atomic E-state index is 0.0149. The molecule has 1 saturated carbocycles. The number of non-ortho nitro benzene ring substituents is 1. The minimum Gasteiger partial charge on any atom is -0.431 e. The van der Waals surface area contributed by atoms with Gasteiger partial charge in [-0.3, -0.25) is 10.1 Å². The summed E-state index contributed by atoms with van der Waals surface area (Å²) in [7, 11) is 0. The van der Waals surface area contributed by atoms with Gasteiger partial charge in [0.25, 0.3) is 5.69 Å². The molecule has 0 atom stereocenters. The van der Waals surface area contributed by atoms with Crippen molar-refractivity contribution in [2.45, 2.75) is 25.1 Å². The van der Waals surface area contributed by atoms with Gasteiger partial charge in [0.05, 0.1) is 10.5 Å². The van der Waals surface area contributed by atoms with Gasteiger partial charge in [0.2, 0.25) is 0 Å². The van der Waals surface area contributed by atoms with Gasteiger partial charge in [-0.05, 0) is 36.5 Å². The lowest BCUT2D eigenvalue weighted by Crippen LogP contribution is -2.36. The van der Waals surface area contributed by atoms with Crippen LogP contribution in [0.2, 0.25) is 0 Å². The predicted molar refractivity (Wildman–Crippen MR) is 90.2 cm³/mol. The first-order chi connectivity index (χ1) is 12.7. The summed E-state index contributed by atoms with van der Waals surface area (Å²) in [6, 6.07) is 4.80. The number of nitro benzene ring substituents is 1. The van der Waals surface area contributed by atoms with Crippen molar-refractivity contribution in [3.63, 3.8) is 0 Å². The van der Waals surface area contributed by atoms with Gasteiger partial charge in [-0.1, -0.05) is 25.3 Å². The number of nitrogens with zero attached hydrogens (tertiary/aromatic N) is 1. The molecule has 0 unspecified atom stereocenters. The van der Waals surface area contributed by atoms with Crippen LogP contribution < -0.4 is 4.74 Å². The number of carbonyl (C=O) groups is 1. The molecule has 1 aromatic rings. The van der Waals surface area contributed by atoms with Crippen molar-refractivity contribution in [1.82, 2.24) is 0 Å². The van der Waals surface area contributed by atoms with Crippen LogP contribution in [0.1, 0.15) is 12.8 Å². The lowest BCUT2D eigenvalue weighted by Gasteiger charge is -2.36. The summed E-state index contributed by atoms with van der Waals surface area (Å²) in [5, 5.41) is 10.6. The maximum atomic E-state index is 13.0. The predicted octanol–water partition coefficient (Wildman–Crippen LogP) is 5.12. The number of allylic oxidation sites excluding steroid dienone is 4. The third-order valence-electron chi connectivity index (χ3n) is 4.09. The number of alkyl halides is 3. The number of benzene rings is 1. The molecule has 0 saturated heterocycles. The number of rotatable bonds is 6. The molecule has 0 amide bonds. The van der Waals surface area contributed by atoms with Crippen molar-refractivity contribution < 1.29 is 32.4 Å². The molecule has 0 bridgehead atoms. The van der Waals surface area contributed by atoms with Gasteiger partial charge in [-0.2, -0.15) is 13.2 Å². The Hall–Kier alpha value is -3.10. The highest BCUT2D eigenvalue weighted by Crippen LogP contribution is 2.41. The van der Waals surface area contributed by atoms with Crippen LogP contribution in [-0.4, -0.2) is 23.4 Å². The highest BCUT2D eigenvalue weighted by atomic mass is 19.4. The fourth-order valence-electron chi connectivity index (χ4n) is 2.70. The molecule has 1 aromatic carbocycles. The van der Waals surface area contributed by atoms with Gasteiger partial charge >= 0.3 is 12.3 Å². The molecule has 9 heteroatoms. The van der Waals surface area contributed by atoms with Gasteiger partial charge in [0.15, 0.2) is 0 Å². The van der Waals surface area contributed by atoms with Gasteiger partial charge in [-0.15, -0.1) is 0 Å². The first-order valence-corrected chi connectivity index (χ1v) is 7.84. The summed E-state index contributed by atoms with van der Waals surface area (Å²) >= 11 is 0. The normalized spacial score (nSPS) is 20.0. The van der Waals surface area contributed by atoms with E-state index in [2.05, 4.69) is 13.2 Å². The lowest BCUT2D eigenvalue weighted by molar-refractivity contribution is -0.384. The fraction of sp³-hybridized carbons (Fsp3) is 0.278. The van der Waals surface area contributed by atoms with Crippen LogP contribution in [0.25, 0.3) is 0 Å². The van der Waals surface area contributed by atoms with Gasteiger partial charge in [0.1, 0.15) is 11.9 Å². The molecule has 0 N–H and O–H groups in total. The molecule has 1 aliphatic carbocycles. The average Bonchev–Trinajstić information content (AvgIpc) is 2.55. The second-order valence-corrected chi connectivity index (χ2v) is 5.79. The highest BCUT2D eigenvalue weighted by molar-refractivity contribution is 5.64. The third kappa shape index (κ3) is 4.96. The van der Waals surface area contributed by atoms with E-state index in [1.54, 1.807) is 0 Å². The smallest absolute Gasteiger partial charge is 0.431 e. The number of nitro groups is 1. The van der Waals surface area contributed by atoms with Crippen molar-refractivity contribution in [2.24, 2.45) is 5.92 Å². The van der Waals surface area contributed by atoms with Crippen LogP contribution in [0.5, 0.6) is 5.75 Å². The Balaban J connectivity index is 1.91. The van der Waals surface area contributed by atoms with Crippen LogP contribution >= 0.6 is 0 Å². The van der Waals surface area contributed by atoms with Crippen LogP contribution in [0.3, 0.4) is 0 Å². The minimum atomic E-state index is -4.54. The Morgan fingerprint density at radius 1 is 1.19 bits per heavy atom. The Bertz CT molecular complexity index is 777. The van der Waals surface area contributed by atoms with Crippen molar-refractivity contribution in [2.75, 3.05) is 0 Å². The molecule has 2 rings (SSSR count). The molecule has 0 aliphatic heterocycles. The number of carbonyl (C=O) groups excluding carboxylic acids is 1. The molecular weight excluding hydrogens is 367 g/mol. The third-order valence-corrected chi connectivity index (χ3v) is 4.09. The maximum absolute atomic E-state index is 13.0. The zero-order chi connectivity index (χ0) is 20.2. The quantitative estimate of drug-likeness (QED) is 0.224. The molecule has 0 aromatic heterocycles. The van der Waals surface area contributed by atoms with E-state index in [9.17, 15) is 28.1 Å². The first kappa shape index (κ1) is 20.2. The van der Waals surface area contributed by atoms with Crippen LogP contribution in [-0.2, 0) is 4.74 Å². The van der Waals surface area contributed by atoms with E-state index in [4.69, 9.17) is 9.47 Å². The Kier molecular flexibility index (Phi) is 6.04. The summed E-state index contributed by atoms with van der Waals surface area (Å²) in [5.74, 6) is -0.395. The summed E-state index contributed by atoms with van der Waals surface area (Å²) in [4.78, 5) is 21.7. The van der Waals surface area contributed by atoms with E-state index in [0.29, 0.717) is 0 Å². The molecule has 1 fully saturated rings. The second-order valence-electron chi connectivity index (χ2n) is 5.79. The summed E-state index contributed by atoms with van der Waals surface area (Å²) in [6.07, 6.45) is -3.87. The number of halogens is 3. The van der Waals surface area contributed by atoms with Crippen LogP contribution in [0.15, 0.2) is 60.7 Å². The van der Waals surface area contributed by atoms with Crippen LogP contribution in [0, 0.1) is 16.0 Å². The summed E-state index contributed by atoms with van der Waals surface area (Å²) < 4.78 is 48.9. The zero-order valence-electron chi connectivity index (χ0n) is 14.1. The maximum Gasteiger partial charge on any atom is 0.514 e. The topological polar surface area (TPSA) is 78.7 Å². The number of hydrogen-bond acceptors (Lipinski definition) is 5. The molecule has 27 heavy (non-hydrogen) atoms. The monoisotopic (exact) mass is 383 g/mol. The van der Waals surface area contributed by atoms with Crippen molar-refractivity contribution in [1.29, 1.82) is 0 Å². The molecule has 1 aliphatic rings. The average molecular weight is 383 g/mol. The van der Waals surface area contributed by atoms with E-state index in [-0.39, 0.29) is 29.9 Å². The number of ether oxygens (including phenoxy) is 2. The Morgan fingerprint density at radius 3 is 2.22 bits per heavy atom. The first-order valence-electron chi connectivity index (χ1n) is 7.84. The van der Waals surface area contributed by atoms with Crippen molar-refractivity contribution >= 4 is 11.8 Å². The highest BCUT2D eigenvalue weighted by Gasteiger charge is 2.40. The molecule has 0 radical (unpaired) electrons. The zero-order valence-corrected chi connectivity index (χ0v) is 14.1. The summed E-state index contributed by atoms with van der Waals surface area (Å²) in [6.45, 7) is 6.62. The lowest BCUT2D eigenvalue weighted by atomic mass is 9.75. The van der Waals surface area contributed by atoms with Gasteiger partial charge < -0.3 is 9.47 Å². The van der Waals surface area contributed by atoms with Gasteiger partial charge in [0, 0.05) is 12.1 Å². The van der Waals surface area contributed by atoms with Crippen molar-refractivity contribution in [3.05, 3.63) is 70.8 Å². The van der Waals surface area contributed by atoms with E-state index >= 15 is 0 Å². The Labute approximate surface area is 152 Å². The largest absolute Gasteiger partial charge is 0.514 e. The SMILES string of the molecule is C=C/C(=C(\C=C)C(F)(F)F)C1CC(OC(=O)Oc2ccc([N+](=O)[O-])cc2)C1. The second kappa shape index (κ2) is 8.07. The molecule has 0 heterocycles. The summed E-state index contributed by atoms with van der Waals surface area (Å²) in [5.41, 5.74) is -1.00.